The van der Waals surface area contributed by atoms with Crippen molar-refractivity contribution in [2.75, 3.05) is 20.6 Å². The van der Waals surface area contributed by atoms with Crippen molar-refractivity contribution in [3.05, 3.63) is 35.1 Å². The van der Waals surface area contributed by atoms with Gasteiger partial charge in [0.15, 0.2) is 0 Å². The van der Waals surface area contributed by atoms with Crippen LogP contribution < -0.4 is 11.1 Å². The van der Waals surface area contributed by atoms with E-state index in [1.807, 2.05) is 25.1 Å². The number of hydrogen-bond donors (Lipinski definition) is 2. The molecule has 1 saturated carbocycles. The minimum Gasteiger partial charge on any atom is -0.352 e. The molecular weight excluding hydrogens is 305 g/mol. The third-order valence-electron chi connectivity index (χ3n) is 4.97. The minimum atomic E-state index is -0.205. The van der Waals surface area contributed by atoms with Crippen molar-refractivity contribution in [1.82, 2.24) is 10.2 Å². The van der Waals surface area contributed by atoms with Crippen LogP contribution in [0.2, 0.25) is 0 Å². The second-order valence-corrected chi connectivity index (χ2v) is 7.38. The Morgan fingerprint density at radius 2 is 2.00 bits per heavy atom. The molecule has 3 N–H and O–H groups in total. The topological polar surface area (TPSA) is 58.4 Å². The normalized spacial score (nSPS) is 17.0. The van der Waals surface area contributed by atoms with Gasteiger partial charge in [-0.25, -0.2) is 4.39 Å². The molecule has 24 heavy (non-hydrogen) atoms. The Labute approximate surface area is 144 Å². The average molecular weight is 335 g/mol. The monoisotopic (exact) mass is 335 g/mol. The zero-order valence-electron chi connectivity index (χ0n) is 14.9. The molecule has 0 aromatic heterocycles. The molecule has 0 spiro atoms. The van der Waals surface area contributed by atoms with Crippen LogP contribution in [0.5, 0.6) is 0 Å². The standard InChI is InChI=1S/C19H30FN3O/c1-23(2)13-16-10-15(6-7-17(16)20)12-22-18(24)11-19(14-21)8-4-3-5-9-19/h6-7,10H,3-5,8-9,11-14,21H2,1-2H3,(H,22,24). The summed E-state index contributed by atoms with van der Waals surface area (Å²) in [7, 11) is 3.81. The van der Waals surface area contributed by atoms with E-state index in [2.05, 4.69) is 5.32 Å². The van der Waals surface area contributed by atoms with Crippen LogP contribution in [0.1, 0.15) is 49.7 Å². The number of halogens is 1. The molecule has 0 heterocycles. The Hall–Kier alpha value is -1.46. The Bertz CT molecular complexity index is 554. The van der Waals surface area contributed by atoms with Gasteiger partial charge >= 0.3 is 0 Å². The van der Waals surface area contributed by atoms with E-state index in [0.717, 1.165) is 31.2 Å². The van der Waals surface area contributed by atoms with Crippen molar-refractivity contribution in [1.29, 1.82) is 0 Å². The van der Waals surface area contributed by atoms with Gasteiger partial charge in [-0.05, 0) is 56.6 Å². The van der Waals surface area contributed by atoms with Gasteiger partial charge in [0, 0.05) is 25.1 Å². The molecule has 1 aromatic carbocycles. The van der Waals surface area contributed by atoms with Crippen LogP contribution in [0, 0.1) is 11.2 Å². The van der Waals surface area contributed by atoms with E-state index >= 15 is 0 Å². The molecule has 0 unspecified atom stereocenters. The molecule has 0 bridgehead atoms. The summed E-state index contributed by atoms with van der Waals surface area (Å²) in [5.41, 5.74) is 7.50. The second kappa shape index (κ2) is 8.58. The van der Waals surface area contributed by atoms with Gasteiger partial charge < -0.3 is 16.0 Å². The first kappa shape index (κ1) is 18.9. The molecule has 4 nitrogen and oxygen atoms in total. The lowest BCUT2D eigenvalue weighted by Crippen LogP contribution is -2.38. The van der Waals surface area contributed by atoms with E-state index in [-0.39, 0.29) is 17.1 Å². The maximum Gasteiger partial charge on any atom is 0.220 e. The van der Waals surface area contributed by atoms with E-state index in [1.165, 1.54) is 12.5 Å². The third kappa shape index (κ3) is 5.28. The maximum atomic E-state index is 13.8. The number of nitrogens with two attached hydrogens (primary N) is 1. The molecular formula is C19H30FN3O. The molecule has 5 heteroatoms. The van der Waals surface area contributed by atoms with Gasteiger partial charge in [-0.15, -0.1) is 0 Å². The number of nitrogens with one attached hydrogen (secondary N) is 1. The summed E-state index contributed by atoms with van der Waals surface area (Å²) >= 11 is 0. The van der Waals surface area contributed by atoms with Gasteiger partial charge in [0.1, 0.15) is 5.82 Å². The number of amides is 1. The third-order valence-corrected chi connectivity index (χ3v) is 4.97. The largest absolute Gasteiger partial charge is 0.352 e. The summed E-state index contributed by atoms with van der Waals surface area (Å²) in [6, 6.07) is 5.03. The molecule has 1 aromatic rings. The van der Waals surface area contributed by atoms with Crippen molar-refractivity contribution in [3.8, 4) is 0 Å². The first-order valence-electron chi connectivity index (χ1n) is 8.83. The Morgan fingerprint density at radius 3 is 2.62 bits per heavy atom. The van der Waals surface area contributed by atoms with Crippen molar-refractivity contribution in [2.24, 2.45) is 11.1 Å². The van der Waals surface area contributed by atoms with Gasteiger partial charge in [0.2, 0.25) is 5.91 Å². The number of carbonyl (C=O) groups is 1. The lowest BCUT2D eigenvalue weighted by molar-refractivity contribution is -0.124. The van der Waals surface area contributed by atoms with E-state index in [1.54, 1.807) is 6.07 Å². The van der Waals surface area contributed by atoms with Gasteiger partial charge in [-0.3, -0.25) is 4.79 Å². The summed E-state index contributed by atoms with van der Waals surface area (Å²) in [4.78, 5) is 14.3. The predicted octanol–water partition coefficient (Wildman–Crippen LogP) is 2.80. The summed E-state index contributed by atoms with van der Waals surface area (Å²) in [5, 5.41) is 2.97. The van der Waals surface area contributed by atoms with Crippen molar-refractivity contribution >= 4 is 5.91 Å². The molecule has 2 rings (SSSR count). The Balaban J connectivity index is 1.91. The smallest absolute Gasteiger partial charge is 0.220 e. The lowest BCUT2D eigenvalue weighted by atomic mass is 9.71. The molecule has 1 fully saturated rings. The molecule has 0 atom stereocenters. The van der Waals surface area contributed by atoms with Crippen LogP contribution >= 0.6 is 0 Å². The molecule has 1 amide bonds. The fraction of sp³-hybridized carbons (Fsp3) is 0.632. The summed E-state index contributed by atoms with van der Waals surface area (Å²) in [6.45, 7) is 1.55. The van der Waals surface area contributed by atoms with E-state index in [0.29, 0.717) is 31.6 Å². The summed E-state index contributed by atoms with van der Waals surface area (Å²) in [5.74, 6) is -0.163. The summed E-state index contributed by atoms with van der Waals surface area (Å²) in [6.07, 6.45) is 6.15. The predicted molar refractivity (Wildman–Crippen MR) is 94.8 cm³/mol. The first-order valence-corrected chi connectivity index (χ1v) is 8.83. The highest BCUT2D eigenvalue weighted by atomic mass is 19.1. The highest BCUT2D eigenvalue weighted by molar-refractivity contribution is 5.76. The van der Waals surface area contributed by atoms with E-state index in [4.69, 9.17) is 5.73 Å². The Kier molecular flexibility index (Phi) is 6.75. The number of hydrogen-bond acceptors (Lipinski definition) is 3. The van der Waals surface area contributed by atoms with E-state index < -0.39 is 0 Å². The number of benzene rings is 1. The van der Waals surface area contributed by atoms with Crippen molar-refractivity contribution < 1.29 is 9.18 Å². The molecule has 0 aliphatic heterocycles. The van der Waals surface area contributed by atoms with Crippen LogP contribution in [0.4, 0.5) is 4.39 Å². The Morgan fingerprint density at radius 1 is 1.29 bits per heavy atom. The zero-order chi connectivity index (χ0) is 17.6. The van der Waals surface area contributed by atoms with E-state index in [9.17, 15) is 9.18 Å². The zero-order valence-corrected chi connectivity index (χ0v) is 14.9. The fourth-order valence-corrected chi connectivity index (χ4v) is 3.56. The number of rotatable bonds is 7. The van der Waals surface area contributed by atoms with Gasteiger partial charge in [-0.2, -0.15) is 0 Å². The van der Waals surface area contributed by atoms with Crippen LogP contribution in [0.3, 0.4) is 0 Å². The second-order valence-electron chi connectivity index (χ2n) is 7.38. The number of carbonyl (C=O) groups excluding carboxylic acids is 1. The van der Waals surface area contributed by atoms with Gasteiger partial charge in [-0.1, -0.05) is 25.3 Å². The molecule has 1 aliphatic rings. The average Bonchev–Trinajstić information content (AvgIpc) is 2.56. The van der Waals surface area contributed by atoms with Crippen molar-refractivity contribution in [3.63, 3.8) is 0 Å². The quantitative estimate of drug-likeness (QED) is 0.805. The van der Waals surface area contributed by atoms with Crippen LogP contribution in [-0.4, -0.2) is 31.4 Å². The van der Waals surface area contributed by atoms with Gasteiger partial charge in [0.05, 0.1) is 0 Å². The number of nitrogens with zero attached hydrogens (tertiary/aromatic N) is 1. The fourth-order valence-electron chi connectivity index (χ4n) is 3.56. The lowest BCUT2D eigenvalue weighted by Gasteiger charge is -2.35. The SMILES string of the molecule is CN(C)Cc1cc(CNC(=O)CC2(CN)CCCCC2)ccc1F. The van der Waals surface area contributed by atoms with Crippen LogP contribution in [0.25, 0.3) is 0 Å². The first-order chi connectivity index (χ1) is 11.4. The minimum absolute atomic E-state index is 0.0266. The molecule has 134 valence electrons. The maximum absolute atomic E-state index is 13.8. The summed E-state index contributed by atoms with van der Waals surface area (Å²) < 4.78 is 13.8. The van der Waals surface area contributed by atoms with Crippen LogP contribution in [0.15, 0.2) is 18.2 Å². The molecule has 0 saturated heterocycles. The molecule has 0 radical (unpaired) electrons. The highest BCUT2D eigenvalue weighted by Crippen LogP contribution is 2.38. The highest BCUT2D eigenvalue weighted by Gasteiger charge is 2.32. The van der Waals surface area contributed by atoms with Crippen molar-refractivity contribution in [2.45, 2.75) is 51.6 Å². The molecule has 1 aliphatic carbocycles. The van der Waals surface area contributed by atoms with Crippen LogP contribution in [-0.2, 0) is 17.9 Å². The van der Waals surface area contributed by atoms with Gasteiger partial charge in [0.25, 0.3) is 0 Å².